The average Bonchev–Trinajstić information content (AvgIpc) is 2.77. The van der Waals surface area contributed by atoms with Crippen molar-refractivity contribution >= 4 is 11.8 Å². The van der Waals surface area contributed by atoms with E-state index >= 15 is 0 Å². The summed E-state index contributed by atoms with van der Waals surface area (Å²) in [7, 11) is 0. The van der Waals surface area contributed by atoms with Crippen molar-refractivity contribution in [3.8, 4) is 0 Å². The van der Waals surface area contributed by atoms with E-state index < -0.39 is 5.92 Å². The quantitative estimate of drug-likeness (QED) is 0.678. The van der Waals surface area contributed by atoms with Gasteiger partial charge in [0.2, 0.25) is 0 Å². The maximum atomic E-state index is 13.5. The van der Waals surface area contributed by atoms with Gasteiger partial charge in [0.15, 0.2) is 5.78 Å². The monoisotopic (exact) mass is 415 g/mol. The van der Waals surface area contributed by atoms with Crippen molar-refractivity contribution in [3.63, 3.8) is 0 Å². The zero-order chi connectivity index (χ0) is 22.0. The summed E-state index contributed by atoms with van der Waals surface area (Å²) >= 11 is 0. The zero-order valence-electron chi connectivity index (χ0n) is 18.4. The van der Waals surface area contributed by atoms with E-state index in [1.165, 1.54) is 5.56 Å². The molecule has 4 rings (SSSR count). The number of dihydropyridines is 1. The van der Waals surface area contributed by atoms with Crippen LogP contribution >= 0.6 is 0 Å². The van der Waals surface area contributed by atoms with Crippen LogP contribution in [0.1, 0.15) is 56.6 Å². The highest BCUT2D eigenvalue weighted by atomic mass is 16.5. The number of hydrogen-bond donors (Lipinski definition) is 1. The number of esters is 1. The smallest absolute Gasteiger partial charge is 0.336 e. The number of ether oxygens (including phenoxy) is 1. The number of ketones is 1. The molecule has 0 saturated carbocycles. The van der Waals surface area contributed by atoms with E-state index in [9.17, 15) is 9.59 Å². The van der Waals surface area contributed by atoms with E-state index in [0.717, 1.165) is 23.4 Å². The molecular formula is C27H29NO3. The topological polar surface area (TPSA) is 55.4 Å². The summed E-state index contributed by atoms with van der Waals surface area (Å²) in [5, 5.41) is 3.40. The normalized spacial score (nSPS) is 21.1. The fraction of sp³-hybridized carbons (Fsp3) is 0.333. The SMILES string of the molecule is CC1=C(C(=O)OCC(C)C)[C@@H](c2ccccc2)C2=C(C[C@@H](c3ccccc3)CC2=O)N1. The fourth-order valence-corrected chi connectivity index (χ4v) is 4.57. The average molecular weight is 416 g/mol. The molecule has 2 aromatic carbocycles. The van der Waals surface area contributed by atoms with Crippen LogP contribution in [0.15, 0.2) is 83.2 Å². The van der Waals surface area contributed by atoms with Gasteiger partial charge >= 0.3 is 5.97 Å². The summed E-state index contributed by atoms with van der Waals surface area (Å²) in [6.45, 7) is 6.28. The first-order chi connectivity index (χ1) is 15.0. The summed E-state index contributed by atoms with van der Waals surface area (Å²) in [6.07, 6.45) is 1.20. The molecule has 0 fully saturated rings. The first-order valence-corrected chi connectivity index (χ1v) is 11.0. The van der Waals surface area contributed by atoms with Crippen LogP contribution in [0.25, 0.3) is 0 Å². The highest BCUT2D eigenvalue weighted by Gasteiger charge is 2.41. The largest absolute Gasteiger partial charge is 0.462 e. The molecule has 1 heterocycles. The second-order valence-corrected chi connectivity index (χ2v) is 8.83. The molecule has 0 saturated heterocycles. The van der Waals surface area contributed by atoms with E-state index in [1.54, 1.807) is 0 Å². The number of rotatable bonds is 5. The molecule has 31 heavy (non-hydrogen) atoms. The third-order valence-corrected chi connectivity index (χ3v) is 6.00. The van der Waals surface area contributed by atoms with Crippen molar-refractivity contribution < 1.29 is 14.3 Å². The van der Waals surface area contributed by atoms with Gasteiger partial charge in [-0.2, -0.15) is 0 Å². The molecule has 2 aliphatic rings. The molecule has 0 spiro atoms. The first-order valence-electron chi connectivity index (χ1n) is 11.0. The molecule has 2 aromatic rings. The zero-order valence-corrected chi connectivity index (χ0v) is 18.4. The number of carbonyl (C=O) groups excluding carboxylic acids is 2. The number of Topliss-reactive ketones (excluding diaryl/α,β-unsaturated/α-hetero) is 1. The second-order valence-electron chi connectivity index (χ2n) is 8.83. The van der Waals surface area contributed by atoms with Gasteiger partial charge in [-0.15, -0.1) is 0 Å². The Morgan fingerprint density at radius 3 is 2.23 bits per heavy atom. The van der Waals surface area contributed by atoms with Gasteiger partial charge < -0.3 is 10.1 Å². The lowest BCUT2D eigenvalue weighted by Gasteiger charge is -2.36. The van der Waals surface area contributed by atoms with Crippen LogP contribution in [0.2, 0.25) is 0 Å². The molecule has 4 nitrogen and oxygen atoms in total. The van der Waals surface area contributed by atoms with Gasteiger partial charge in [-0.05, 0) is 36.3 Å². The molecular weight excluding hydrogens is 386 g/mol. The Labute approximate surface area is 184 Å². The first kappa shape index (κ1) is 21.1. The van der Waals surface area contributed by atoms with Crippen molar-refractivity contribution in [1.82, 2.24) is 5.32 Å². The molecule has 4 heteroatoms. The van der Waals surface area contributed by atoms with Crippen LogP contribution in [0.3, 0.4) is 0 Å². The Hall–Kier alpha value is -3.14. The number of benzene rings is 2. The molecule has 1 aliphatic carbocycles. The van der Waals surface area contributed by atoms with E-state index in [1.807, 2.05) is 69.3 Å². The summed E-state index contributed by atoms with van der Waals surface area (Å²) in [4.78, 5) is 26.6. The van der Waals surface area contributed by atoms with Crippen LogP contribution in [0.5, 0.6) is 0 Å². The van der Waals surface area contributed by atoms with Gasteiger partial charge in [0.25, 0.3) is 0 Å². The minimum Gasteiger partial charge on any atom is -0.462 e. The summed E-state index contributed by atoms with van der Waals surface area (Å²) < 4.78 is 5.60. The standard InChI is InChI=1S/C27H29NO3/c1-17(2)16-31-27(30)24-18(3)28-22-14-21(19-10-6-4-7-11-19)15-23(29)26(22)25(24)20-12-8-5-9-13-20/h4-13,17,21,25,28H,14-16H2,1-3H3/t21-,25-/m1/s1. The van der Waals surface area contributed by atoms with Crippen LogP contribution in [-0.2, 0) is 14.3 Å². The second kappa shape index (κ2) is 8.93. The van der Waals surface area contributed by atoms with Crippen molar-refractivity contribution in [1.29, 1.82) is 0 Å². The predicted octanol–water partition coefficient (Wildman–Crippen LogP) is 5.25. The van der Waals surface area contributed by atoms with Gasteiger partial charge in [-0.1, -0.05) is 74.5 Å². The van der Waals surface area contributed by atoms with E-state index in [4.69, 9.17) is 4.74 Å². The fourth-order valence-electron chi connectivity index (χ4n) is 4.57. The highest BCUT2D eigenvalue weighted by molar-refractivity contribution is 6.04. The Kier molecular flexibility index (Phi) is 6.08. The Morgan fingerprint density at radius 1 is 1.00 bits per heavy atom. The van der Waals surface area contributed by atoms with Crippen LogP contribution in [0, 0.1) is 5.92 Å². The predicted molar refractivity (Wildman–Crippen MR) is 121 cm³/mol. The van der Waals surface area contributed by atoms with E-state index in [-0.39, 0.29) is 23.6 Å². The molecule has 0 radical (unpaired) electrons. The van der Waals surface area contributed by atoms with Crippen molar-refractivity contribution in [2.45, 2.75) is 45.4 Å². The molecule has 1 aliphatic heterocycles. The van der Waals surface area contributed by atoms with Crippen LogP contribution < -0.4 is 5.32 Å². The minimum absolute atomic E-state index is 0.0955. The molecule has 0 amide bonds. The van der Waals surface area contributed by atoms with Gasteiger partial charge in [-0.3, -0.25) is 4.79 Å². The van der Waals surface area contributed by atoms with Crippen molar-refractivity contribution in [2.24, 2.45) is 5.92 Å². The third kappa shape index (κ3) is 4.34. The summed E-state index contributed by atoms with van der Waals surface area (Å²) in [5.74, 6) is -0.274. The Bertz CT molecular complexity index is 1030. The molecule has 0 aromatic heterocycles. The van der Waals surface area contributed by atoms with E-state index in [2.05, 4.69) is 17.4 Å². The lowest BCUT2D eigenvalue weighted by molar-refractivity contribution is -0.140. The number of carbonyl (C=O) groups is 2. The lowest BCUT2D eigenvalue weighted by Crippen LogP contribution is -2.36. The van der Waals surface area contributed by atoms with Crippen molar-refractivity contribution in [3.05, 3.63) is 94.3 Å². The van der Waals surface area contributed by atoms with Crippen LogP contribution in [-0.4, -0.2) is 18.4 Å². The maximum absolute atomic E-state index is 13.5. The van der Waals surface area contributed by atoms with Crippen molar-refractivity contribution in [2.75, 3.05) is 6.61 Å². The van der Waals surface area contributed by atoms with E-state index in [0.29, 0.717) is 24.2 Å². The van der Waals surface area contributed by atoms with Crippen LogP contribution in [0.4, 0.5) is 0 Å². The maximum Gasteiger partial charge on any atom is 0.336 e. The number of hydrogen-bond acceptors (Lipinski definition) is 4. The lowest BCUT2D eigenvalue weighted by atomic mass is 9.72. The third-order valence-electron chi connectivity index (χ3n) is 6.00. The highest BCUT2D eigenvalue weighted by Crippen LogP contribution is 2.45. The summed E-state index contributed by atoms with van der Waals surface area (Å²) in [6, 6.07) is 20.0. The molecule has 2 atom stereocenters. The Morgan fingerprint density at radius 2 is 1.61 bits per heavy atom. The van der Waals surface area contributed by atoms with Gasteiger partial charge in [0, 0.05) is 29.3 Å². The molecule has 0 bridgehead atoms. The number of nitrogens with one attached hydrogen (secondary N) is 1. The van der Waals surface area contributed by atoms with Gasteiger partial charge in [0.1, 0.15) is 0 Å². The molecule has 160 valence electrons. The van der Waals surface area contributed by atoms with Gasteiger partial charge in [0.05, 0.1) is 12.2 Å². The minimum atomic E-state index is -0.402. The van der Waals surface area contributed by atoms with Gasteiger partial charge in [-0.25, -0.2) is 4.79 Å². The Balaban J connectivity index is 1.75. The number of allylic oxidation sites excluding steroid dienone is 3. The molecule has 1 N–H and O–H groups in total. The summed E-state index contributed by atoms with van der Waals surface area (Å²) in [5.41, 5.74) is 5.06. The molecule has 0 unspecified atom stereocenters.